The summed E-state index contributed by atoms with van der Waals surface area (Å²) in [6.45, 7) is 1.60. The summed E-state index contributed by atoms with van der Waals surface area (Å²) < 4.78 is 49.3. The number of carbonyl (C=O) groups excluding carboxylic acids is 1. The summed E-state index contributed by atoms with van der Waals surface area (Å²) in [7, 11) is 1.58. The molecule has 5 nitrogen and oxygen atoms in total. The van der Waals surface area contributed by atoms with E-state index in [4.69, 9.17) is 9.47 Å². The molecule has 2 N–H and O–H groups in total. The number of rotatable bonds is 9. The predicted molar refractivity (Wildman–Crippen MR) is 70.9 cm³/mol. The molecule has 0 bridgehead atoms. The molecule has 0 radical (unpaired) electrons. The van der Waals surface area contributed by atoms with Crippen molar-refractivity contribution in [3.63, 3.8) is 0 Å². The number of amides is 1. The minimum absolute atomic E-state index is 0.206. The van der Waals surface area contributed by atoms with Crippen LogP contribution in [0.3, 0.4) is 0 Å². The van der Waals surface area contributed by atoms with Gasteiger partial charge < -0.3 is 20.1 Å². The van der Waals surface area contributed by atoms with E-state index in [2.05, 4.69) is 10.6 Å². The van der Waals surface area contributed by atoms with E-state index in [0.717, 1.165) is 0 Å². The number of ether oxygens (including phenoxy) is 2. The Balaban J connectivity index is 2.23. The fourth-order valence-corrected chi connectivity index (χ4v) is 2.20. The van der Waals surface area contributed by atoms with Crippen LogP contribution in [0.25, 0.3) is 0 Å². The van der Waals surface area contributed by atoms with Crippen molar-refractivity contribution >= 4 is 5.91 Å². The van der Waals surface area contributed by atoms with Crippen molar-refractivity contribution in [1.82, 2.24) is 10.6 Å². The lowest BCUT2D eigenvalue weighted by atomic mass is 9.85. The molecule has 21 heavy (non-hydrogen) atoms. The number of halogens is 3. The highest BCUT2D eigenvalue weighted by atomic mass is 19.4. The van der Waals surface area contributed by atoms with Gasteiger partial charge in [-0.25, -0.2) is 0 Å². The van der Waals surface area contributed by atoms with Crippen LogP contribution < -0.4 is 10.6 Å². The third-order valence-electron chi connectivity index (χ3n) is 3.57. The maximum absolute atomic E-state index is 13.1. The molecule has 1 fully saturated rings. The van der Waals surface area contributed by atoms with Crippen molar-refractivity contribution in [1.29, 1.82) is 0 Å². The van der Waals surface area contributed by atoms with Crippen molar-refractivity contribution in [2.45, 2.75) is 25.4 Å². The van der Waals surface area contributed by atoms with Gasteiger partial charge in [-0.15, -0.1) is 0 Å². The number of unbranched alkanes of at least 4 members (excludes halogenated alkanes) is 1. The lowest BCUT2D eigenvalue weighted by Crippen LogP contribution is -2.52. The molecule has 1 amide bonds. The summed E-state index contributed by atoms with van der Waals surface area (Å²) in [5, 5.41) is 5.01. The van der Waals surface area contributed by atoms with Crippen LogP contribution >= 0.6 is 0 Å². The minimum atomic E-state index is -4.52. The summed E-state index contributed by atoms with van der Waals surface area (Å²) in [6, 6.07) is 0. The Labute approximate surface area is 122 Å². The van der Waals surface area contributed by atoms with Gasteiger partial charge in [-0.05, 0) is 25.8 Å². The molecule has 1 aliphatic rings. The summed E-state index contributed by atoms with van der Waals surface area (Å²) >= 11 is 0. The molecule has 1 rings (SSSR count). The van der Waals surface area contributed by atoms with Gasteiger partial charge >= 0.3 is 6.18 Å². The summed E-state index contributed by atoms with van der Waals surface area (Å²) in [4.78, 5) is 11.9. The first-order chi connectivity index (χ1) is 9.94. The highest BCUT2D eigenvalue weighted by Gasteiger charge is 2.61. The van der Waals surface area contributed by atoms with E-state index in [1.807, 2.05) is 0 Å². The van der Waals surface area contributed by atoms with Crippen molar-refractivity contribution in [2.24, 2.45) is 5.41 Å². The van der Waals surface area contributed by atoms with Gasteiger partial charge in [0.25, 0.3) is 0 Å². The molecule has 0 aliphatic carbocycles. The molecule has 1 aliphatic heterocycles. The molecule has 8 heteroatoms. The van der Waals surface area contributed by atoms with E-state index >= 15 is 0 Å². The van der Waals surface area contributed by atoms with Crippen LogP contribution in [-0.4, -0.2) is 58.6 Å². The Morgan fingerprint density at radius 3 is 2.62 bits per heavy atom. The topological polar surface area (TPSA) is 59.6 Å². The molecule has 0 saturated carbocycles. The van der Waals surface area contributed by atoms with Gasteiger partial charge in [0.15, 0.2) is 5.41 Å². The Morgan fingerprint density at radius 1 is 1.29 bits per heavy atom. The molecule has 124 valence electrons. The lowest BCUT2D eigenvalue weighted by Gasteiger charge is -2.29. The lowest BCUT2D eigenvalue weighted by molar-refractivity contribution is -0.216. The Morgan fingerprint density at radius 2 is 2.05 bits per heavy atom. The average molecular weight is 312 g/mol. The largest absolute Gasteiger partial charge is 0.404 e. The van der Waals surface area contributed by atoms with Gasteiger partial charge in [-0.3, -0.25) is 4.79 Å². The van der Waals surface area contributed by atoms with Crippen LogP contribution in [0.1, 0.15) is 19.3 Å². The normalized spacial score (nSPS) is 22.5. The van der Waals surface area contributed by atoms with E-state index in [0.29, 0.717) is 32.7 Å². The second-order valence-corrected chi connectivity index (χ2v) is 5.07. The molecule has 1 heterocycles. The van der Waals surface area contributed by atoms with E-state index in [1.165, 1.54) is 0 Å². The summed E-state index contributed by atoms with van der Waals surface area (Å²) in [5.74, 6) is -0.930. The molecule has 1 atom stereocenters. The minimum Gasteiger partial charge on any atom is -0.382 e. The Hall–Kier alpha value is -0.860. The monoisotopic (exact) mass is 312 g/mol. The second-order valence-electron chi connectivity index (χ2n) is 5.07. The smallest absolute Gasteiger partial charge is 0.382 e. The van der Waals surface area contributed by atoms with Crippen LogP contribution in [0.2, 0.25) is 0 Å². The Bertz CT molecular complexity index is 318. The molecule has 1 saturated heterocycles. The van der Waals surface area contributed by atoms with Gasteiger partial charge in [0.1, 0.15) is 0 Å². The Kier molecular flexibility index (Phi) is 7.41. The van der Waals surface area contributed by atoms with Crippen molar-refractivity contribution in [3.05, 3.63) is 0 Å². The second kappa shape index (κ2) is 8.55. The maximum atomic E-state index is 13.1. The molecule has 0 aromatic rings. The zero-order valence-corrected chi connectivity index (χ0v) is 12.2. The van der Waals surface area contributed by atoms with Gasteiger partial charge in [-0.2, -0.15) is 13.2 Å². The van der Waals surface area contributed by atoms with Crippen LogP contribution in [0.15, 0.2) is 0 Å². The first-order valence-electron chi connectivity index (χ1n) is 7.06. The van der Waals surface area contributed by atoms with Gasteiger partial charge in [0.05, 0.1) is 13.2 Å². The number of nitrogens with one attached hydrogen (secondary N) is 2. The number of carbonyl (C=O) groups is 1. The number of alkyl halides is 3. The number of hydrogen-bond acceptors (Lipinski definition) is 4. The molecule has 0 spiro atoms. The molecule has 0 aromatic carbocycles. The fourth-order valence-electron chi connectivity index (χ4n) is 2.20. The van der Waals surface area contributed by atoms with Gasteiger partial charge in [0.2, 0.25) is 5.91 Å². The quantitative estimate of drug-likeness (QED) is 0.626. The standard InChI is InChI=1S/C13H23F3N2O3/c1-20-8-9-21-7-3-2-5-18-11(19)12(13(14,15)16)4-6-17-10-12/h17H,2-10H2,1H3,(H,18,19). The molecular formula is C13H23F3N2O3. The highest BCUT2D eigenvalue weighted by Crippen LogP contribution is 2.43. The zero-order chi connectivity index (χ0) is 15.8. The average Bonchev–Trinajstić information content (AvgIpc) is 2.92. The summed E-state index contributed by atoms with van der Waals surface area (Å²) in [6.07, 6.45) is -3.46. The highest BCUT2D eigenvalue weighted by molar-refractivity contribution is 5.84. The van der Waals surface area contributed by atoms with Crippen LogP contribution in [0.4, 0.5) is 13.2 Å². The van der Waals surface area contributed by atoms with Crippen LogP contribution in [0.5, 0.6) is 0 Å². The van der Waals surface area contributed by atoms with Crippen molar-refractivity contribution in [3.8, 4) is 0 Å². The van der Waals surface area contributed by atoms with E-state index in [1.54, 1.807) is 7.11 Å². The molecule has 0 aromatic heterocycles. The number of hydrogen-bond donors (Lipinski definition) is 2. The van der Waals surface area contributed by atoms with E-state index < -0.39 is 17.5 Å². The SMILES string of the molecule is COCCOCCCCNC(=O)C1(C(F)(F)F)CCNC1. The third-order valence-corrected chi connectivity index (χ3v) is 3.57. The van der Waals surface area contributed by atoms with Gasteiger partial charge in [0, 0.05) is 26.8 Å². The van der Waals surface area contributed by atoms with E-state index in [-0.39, 0.29) is 26.1 Å². The van der Waals surface area contributed by atoms with Gasteiger partial charge in [-0.1, -0.05) is 0 Å². The first kappa shape index (κ1) is 18.2. The van der Waals surface area contributed by atoms with Crippen molar-refractivity contribution < 1.29 is 27.4 Å². The molecular weight excluding hydrogens is 289 g/mol. The predicted octanol–water partition coefficient (Wildman–Crippen LogP) is 1.09. The van der Waals surface area contributed by atoms with E-state index in [9.17, 15) is 18.0 Å². The number of methoxy groups -OCH3 is 1. The zero-order valence-electron chi connectivity index (χ0n) is 12.2. The maximum Gasteiger partial charge on any atom is 0.404 e. The van der Waals surface area contributed by atoms with Crippen LogP contribution in [0, 0.1) is 5.41 Å². The fraction of sp³-hybridized carbons (Fsp3) is 0.923. The summed E-state index contributed by atoms with van der Waals surface area (Å²) in [5.41, 5.74) is -2.28. The van der Waals surface area contributed by atoms with Crippen LogP contribution in [-0.2, 0) is 14.3 Å². The first-order valence-corrected chi connectivity index (χ1v) is 7.06. The van der Waals surface area contributed by atoms with Crippen molar-refractivity contribution in [2.75, 3.05) is 46.6 Å². The molecule has 1 unspecified atom stereocenters. The third kappa shape index (κ3) is 5.12.